The van der Waals surface area contributed by atoms with Crippen LogP contribution in [0.2, 0.25) is 0 Å². The number of para-hydroxylation sites is 2. The Hall–Kier alpha value is -2.28. The molecular weight excluding hydrogens is 368 g/mol. The summed E-state index contributed by atoms with van der Waals surface area (Å²) in [7, 11) is 0. The minimum absolute atomic E-state index is 0.0778. The molecule has 3 aliphatic heterocycles. The summed E-state index contributed by atoms with van der Waals surface area (Å²) in [5, 5.41) is 3.11. The van der Waals surface area contributed by atoms with Gasteiger partial charge < -0.3 is 24.8 Å². The molecule has 1 atom stereocenters. The standard InChI is InChI=1S/C22H32N4O3/c27-21(20-10-7-17-29-20)25-13-15-26(16-14-25)22(28)23-18-8-3-4-9-19(18)24-11-5-1-2-6-12-24/h3-4,8-9,20H,1-2,5-7,10-17H2,(H,23,28)/t20-/m0/s1. The Kier molecular flexibility index (Phi) is 6.54. The number of carbonyl (C=O) groups is 2. The second-order valence-corrected chi connectivity index (χ2v) is 8.16. The molecule has 1 N–H and O–H groups in total. The van der Waals surface area contributed by atoms with E-state index in [9.17, 15) is 9.59 Å². The number of piperazine rings is 1. The molecule has 0 aromatic heterocycles. The number of nitrogens with one attached hydrogen (secondary N) is 1. The number of hydrogen-bond acceptors (Lipinski definition) is 4. The first-order chi connectivity index (χ1) is 14.2. The smallest absolute Gasteiger partial charge is 0.322 e. The predicted octanol–water partition coefficient (Wildman–Crippen LogP) is 2.92. The van der Waals surface area contributed by atoms with Gasteiger partial charge in [-0.15, -0.1) is 0 Å². The maximum Gasteiger partial charge on any atom is 0.322 e. The van der Waals surface area contributed by atoms with Gasteiger partial charge in [0.1, 0.15) is 6.10 Å². The summed E-state index contributed by atoms with van der Waals surface area (Å²) in [6.45, 7) is 5.00. The maximum absolute atomic E-state index is 12.9. The highest BCUT2D eigenvalue weighted by Crippen LogP contribution is 2.28. The highest BCUT2D eigenvalue weighted by molar-refractivity contribution is 5.93. The molecule has 0 saturated carbocycles. The molecular formula is C22H32N4O3. The second-order valence-electron chi connectivity index (χ2n) is 8.16. The lowest BCUT2D eigenvalue weighted by Gasteiger charge is -2.36. The molecule has 29 heavy (non-hydrogen) atoms. The fourth-order valence-corrected chi connectivity index (χ4v) is 4.47. The third-order valence-corrected chi connectivity index (χ3v) is 6.18. The summed E-state index contributed by atoms with van der Waals surface area (Å²) >= 11 is 0. The Bertz CT molecular complexity index is 704. The first kappa shape index (κ1) is 20.0. The Labute approximate surface area is 173 Å². The quantitative estimate of drug-likeness (QED) is 0.847. The zero-order chi connectivity index (χ0) is 20.1. The summed E-state index contributed by atoms with van der Waals surface area (Å²) in [5.41, 5.74) is 1.98. The van der Waals surface area contributed by atoms with Crippen molar-refractivity contribution in [1.29, 1.82) is 0 Å². The summed E-state index contributed by atoms with van der Waals surface area (Å²) in [4.78, 5) is 31.4. The molecule has 3 amide bonds. The van der Waals surface area contributed by atoms with Gasteiger partial charge in [-0.1, -0.05) is 25.0 Å². The monoisotopic (exact) mass is 400 g/mol. The third-order valence-electron chi connectivity index (χ3n) is 6.18. The van der Waals surface area contributed by atoms with E-state index < -0.39 is 0 Å². The summed E-state index contributed by atoms with van der Waals surface area (Å²) in [6.07, 6.45) is 6.43. The lowest BCUT2D eigenvalue weighted by atomic mass is 10.2. The Morgan fingerprint density at radius 2 is 1.55 bits per heavy atom. The molecule has 7 heteroatoms. The van der Waals surface area contributed by atoms with E-state index in [0.29, 0.717) is 32.8 Å². The van der Waals surface area contributed by atoms with E-state index in [0.717, 1.165) is 37.3 Å². The average molecular weight is 401 g/mol. The lowest BCUT2D eigenvalue weighted by Crippen LogP contribution is -2.53. The van der Waals surface area contributed by atoms with Crippen molar-refractivity contribution in [2.75, 3.05) is 56.1 Å². The van der Waals surface area contributed by atoms with E-state index in [1.165, 1.54) is 25.7 Å². The Balaban J connectivity index is 1.34. The van der Waals surface area contributed by atoms with E-state index in [4.69, 9.17) is 4.74 Å². The van der Waals surface area contributed by atoms with E-state index >= 15 is 0 Å². The van der Waals surface area contributed by atoms with E-state index in [1.54, 1.807) is 4.90 Å². The molecule has 0 radical (unpaired) electrons. The highest BCUT2D eigenvalue weighted by Gasteiger charge is 2.31. The van der Waals surface area contributed by atoms with Gasteiger partial charge in [-0.2, -0.15) is 0 Å². The van der Waals surface area contributed by atoms with E-state index in [-0.39, 0.29) is 18.0 Å². The van der Waals surface area contributed by atoms with Crippen LogP contribution in [0.15, 0.2) is 24.3 Å². The highest BCUT2D eigenvalue weighted by atomic mass is 16.5. The number of carbonyl (C=O) groups excluding carboxylic acids is 2. The van der Waals surface area contributed by atoms with Gasteiger partial charge >= 0.3 is 6.03 Å². The van der Waals surface area contributed by atoms with Crippen molar-refractivity contribution in [2.45, 2.75) is 44.6 Å². The number of hydrogen-bond donors (Lipinski definition) is 1. The number of benzene rings is 1. The first-order valence-electron chi connectivity index (χ1n) is 11.0. The normalized spacial score (nSPS) is 23.0. The third kappa shape index (κ3) is 4.83. The molecule has 4 rings (SSSR count). The van der Waals surface area contributed by atoms with Crippen molar-refractivity contribution in [3.63, 3.8) is 0 Å². The first-order valence-corrected chi connectivity index (χ1v) is 11.0. The largest absolute Gasteiger partial charge is 0.370 e. The number of rotatable bonds is 3. The maximum atomic E-state index is 12.9. The van der Waals surface area contributed by atoms with Crippen LogP contribution in [0.1, 0.15) is 38.5 Å². The minimum Gasteiger partial charge on any atom is -0.370 e. The van der Waals surface area contributed by atoms with Crippen LogP contribution >= 0.6 is 0 Å². The van der Waals surface area contributed by atoms with E-state index in [1.807, 2.05) is 23.1 Å². The fourth-order valence-electron chi connectivity index (χ4n) is 4.47. The molecule has 7 nitrogen and oxygen atoms in total. The Morgan fingerprint density at radius 1 is 0.862 bits per heavy atom. The van der Waals surface area contributed by atoms with Crippen LogP contribution in [0.5, 0.6) is 0 Å². The molecule has 3 heterocycles. The van der Waals surface area contributed by atoms with Crippen molar-refractivity contribution in [2.24, 2.45) is 0 Å². The van der Waals surface area contributed by atoms with Crippen molar-refractivity contribution < 1.29 is 14.3 Å². The molecule has 0 spiro atoms. The number of anilines is 2. The predicted molar refractivity (Wildman–Crippen MR) is 113 cm³/mol. The van der Waals surface area contributed by atoms with Crippen LogP contribution in [0, 0.1) is 0 Å². The van der Waals surface area contributed by atoms with Gasteiger partial charge in [0.15, 0.2) is 0 Å². The molecule has 158 valence electrons. The molecule has 1 aromatic carbocycles. The average Bonchev–Trinajstić information content (AvgIpc) is 3.16. The zero-order valence-corrected chi connectivity index (χ0v) is 17.1. The summed E-state index contributed by atoms with van der Waals surface area (Å²) < 4.78 is 5.51. The van der Waals surface area contributed by atoms with Crippen LogP contribution < -0.4 is 10.2 Å². The van der Waals surface area contributed by atoms with Crippen molar-refractivity contribution in [3.8, 4) is 0 Å². The van der Waals surface area contributed by atoms with Gasteiger partial charge in [-0.3, -0.25) is 4.79 Å². The Morgan fingerprint density at radius 3 is 2.24 bits per heavy atom. The SMILES string of the molecule is O=C(Nc1ccccc1N1CCCCCC1)N1CCN(C(=O)[C@@H]2CCCO2)CC1. The number of ether oxygens (including phenoxy) is 1. The van der Waals surface area contributed by atoms with Gasteiger partial charge in [0.25, 0.3) is 5.91 Å². The van der Waals surface area contributed by atoms with Crippen LogP contribution in [0.3, 0.4) is 0 Å². The van der Waals surface area contributed by atoms with Crippen molar-refractivity contribution >= 4 is 23.3 Å². The van der Waals surface area contributed by atoms with Crippen LogP contribution in [0.4, 0.5) is 16.2 Å². The second kappa shape index (κ2) is 9.48. The topological polar surface area (TPSA) is 65.1 Å². The van der Waals surface area contributed by atoms with Crippen LogP contribution in [-0.2, 0) is 9.53 Å². The number of nitrogens with zero attached hydrogens (tertiary/aromatic N) is 3. The summed E-state index contributed by atoms with van der Waals surface area (Å²) in [5.74, 6) is 0.0778. The molecule has 3 saturated heterocycles. The van der Waals surface area contributed by atoms with Gasteiger partial charge in [0.05, 0.1) is 11.4 Å². The van der Waals surface area contributed by atoms with Gasteiger partial charge in [0, 0.05) is 45.9 Å². The van der Waals surface area contributed by atoms with E-state index in [2.05, 4.69) is 16.3 Å². The minimum atomic E-state index is -0.282. The number of amides is 3. The summed E-state index contributed by atoms with van der Waals surface area (Å²) in [6, 6.07) is 7.99. The molecule has 0 aliphatic carbocycles. The number of urea groups is 1. The molecule has 3 fully saturated rings. The van der Waals surface area contributed by atoms with Crippen molar-refractivity contribution in [1.82, 2.24) is 9.80 Å². The van der Waals surface area contributed by atoms with Crippen LogP contribution in [-0.4, -0.2) is 73.7 Å². The molecule has 0 unspecified atom stereocenters. The molecule has 3 aliphatic rings. The van der Waals surface area contributed by atoms with Crippen LogP contribution in [0.25, 0.3) is 0 Å². The fraction of sp³-hybridized carbons (Fsp3) is 0.636. The molecule has 1 aromatic rings. The zero-order valence-electron chi connectivity index (χ0n) is 17.1. The van der Waals surface area contributed by atoms with Gasteiger partial charge in [-0.05, 0) is 37.8 Å². The molecule has 0 bridgehead atoms. The van der Waals surface area contributed by atoms with Gasteiger partial charge in [0.2, 0.25) is 0 Å². The van der Waals surface area contributed by atoms with Crippen molar-refractivity contribution in [3.05, 3.63) is 24.3 Å². The lowest BCUT2D eigenvalue weighted by molar-refractivity contribution is -0.142. The van der Waals surface area contributed by atoms with Gasteiger partial charge in [-0.25, -0.2) is 4.79 Å².